The molecule has 2 N–H and O–H groups in total. The van der Waals surface area contributed by atoms with Gasteiger partial charge in [0.25, 0.3) is 0 Å². The van der Waals surface area contributed by atoms with Gasteiger partial charge in [0.1, 0.15) is 5.75 Å². The summed E-state index contributed by atoms with van der Waals surface area (Å²) >= 11 is 0. The van der Waals surface area contributed by atoms with E-state index in [0.717, 1.165) is 56.4 Å². The Balaban J connectivity index is 0.00000420. The predicted molar refractivity (Wildman–Crippen MR) is 131 cm³/mol. The van der Waals surface area contributed by atoms with Crippen LogP contribution < -0.4 is 15.4 Å². The van der Waals surface area contributed by atoms with Crippen molar-refractivity contribution in [1.29, 1.82) is 0 Å². The third-order valence-corrected chi connectivity index (χ3v) is 4.79. The number of halogens is 1. The van der Waals surface area contributed by atoms with Crippen LogP contribution in [0.15, 0.2) is 29.3 Å². The minimum absolute atomic E-state index is 0. The van der Waals surface area contributed by atoms with Crippen molar-refractivity contribution in [3.8, 4) is 5.75 Å². The molecule has 0 fully saturated rings. The van der Waals surface area contributed by atoms with Crippen LogP contribution in [0.1, 0.15) is 49.2 Å². The second kappa shape index (κ2) is 13.5. The van der Waals surface area contributed by atoms with Crippen LogP contribution in [0.5, 0.6) is 5.75 Å². The molecule has 0 aliphatic carbocycles. The molecule has 0 saturated carbocycles. The highest BCUT2D eigenvalue weighted by Gasteiger charge is 2.09. The van der Waals surface area contributed by atoms with E-state index >= 15 is 0 Å². The van der Waals surface area contributed by atoms with Crippen molar-refractivity contribution in [3.05, 3.63) is 46.8 Å². The lowest BCUT2D eigenvalue weighted by atomic mass is 10.1. The number of nitrogens with zero attached hydrogens (tertiary/aromatic N) is 3. The van der Waals surface area contributed by atoms with Gasteiger partial charge in [-0.05, 0) is 51.3 Å². The van der Waals surface area contributed by atoms with E-state index in [-0.39, 0.29) is 24.0 Å². The number of unbranched alkanes of at least 4 members (excludes halogenated alkanes) is 1. The van der Waals surface area contributed by atoms with Crippen LogP contribution in [0.25, 0.3) is 0 Å². The normalized spacial score (nSPS) is 11.1. The molecule has 6 nitrogen and oxygen atoms in total. The molecule has 0 amide bonds. The summed E-state index contributed by atoms with van der Waals surface area (Å²) in [5, 5.41) is 11.2. The van der Waals surface area contributed by atoms with Crippen LogP contribution in [0.4, 0.5) is 0 Å². The smallest absolute Gasteiger partial charge is 0.191 e. The van der Waals surface area contributed by atoms with Gasteiger partial charge in [0.15, 0.2) is 5.96 Å². The molecule has 0 aliphatic rings. The van der Waals surface area contributed by atoms with Gasteiger partial charge in [-0.1, -0.05) is 25.5 Å². The molecule has 0 aliphatic heterocycles. The molecule has 0 bridgehead atoms. The van der Waals surface area contributed by atoms with E-state index in [1.54, 1.807) is 0 Å². The highest BCUT2D eigenvalue weighted by atomic mass is 127. The zero-order valence-electron chi connectivity index (χ0n) is 18.4. The lowest BCUT2D eigenvalue weighted by Crippen LogP contribution is -2.38. The maximum atomic E-state index is 5.72. The van der Waals surface area contributed by atoms with Gasteiger partial charge < -0.3 is 15.4 Å². The van der Waals surface area contributed by atoms with Gasteiger partial charge >= 0.3 is 0 Å². The Bertz CT molecular complexity index is 755. The van der Waals surface area contributed by atoms with Gasteiger partial charge in [-0.15, -0.1) is 24.0 Å². The molecule has 1 aromatic carbocycles. The maximum Gasteiger partial charge on any atom is 0.191 e. The third-order valence-electron chi connectivity index (χ3n) is 4.79. The zero-order valence-corrected chi connectivity index (χ0v) is 20.7. The summed E-state index contributed by atoms with van der Waals surface area (Å²) in [6.07, 6.45) is 3.18. The Labute approximate surface area is 192 Å². The highest BCUT2D eigenvalue weighted by molar-refractivity contribution is 14.0. The van der Waals surface area contributed by atoms with Crippen molar-refractivity contribution in [2.24, 2.45) is 12.0 Å². The summed E-state index contributed by atoms with van der Waals surface area (Å²) in [6.45, 7) is 11.4. The molecule has 0 radical (unpaired) electrons. The first-order valence-corrected chi connectivity index (χ1v) is 10.3. The van der Waals surface area contributed by atoms with Crippen molar-refractivity contribution in [2.75, 3.05) is 19.7 Å². The number of hydrogen-bond acceptors (Lipinski definition) is 3. The first-order chi connectivity index (χ1) is 13.5. The highest BCUT2D eigenvalue weighted by Crippen LogP contribution is 2.14. The quantitative estimate of drug-likeness (QED) is 0.217. The van der Waals surface area contributed by atoms with Crippen molar-refractivity contribution in [1.82, 2.24) is 20.4 Å². The summed E-state index contributed by atoms with van der Waals surface area (Å²) in [7, 11) is 1.97. The summed E-state index contributed by atoms with van der Waals surface area (Å²) < 4.78 is 7.63. The number of ether oxygens (including phenoxy) is 1. The fraction of sp³-hybridized carbons (Fsp3) is 0.545. The van der Waals surface area contributed by atoms with Gasteiger partial charge in [-0.25, -0.2) is 4.99 Å². The molecule has 1 aromatic heterocycles. The van der Waals surface area contributed by atoms with E-state index in [4.69, 9.17) is 9.73 Å². The van der Waals surface area contributed by atoms with Crippen molar-refractivity contribution in [3.63, 3.8) is 0 Å². The fourth-order valence-corrected chi connectivity index (χ4v) is 2.96. The van der Waals surface area contributed by atoms with Crippen LogP contribution in [0.2, 0.25) is 0 Å². The van der Waals surface area contributed by atoms with E-state index in [9.17, 15) is 0 Å². The summed E-state index contributed by atoms with van der Waals surface area (Å²) in [5.74, 6) is 1.78. The molecular weight excluding hydrogens is 477 g/mol. The molecule has 162 valence electrons. The van der Waals surface area contributed by atoms with E-state index in [2.05, 4.69) is 60.8 Å². The number of nitrogens with one attached hydrogen (secondary N) is 2. The number of benzene rings is 1. The number of aryl methyl sites for hydroxylation is 2. The van der Waals surface area contributed by atoms with E-state index < -0.39 is 0 Å². The Hall–Kier alpha value is -1.77. The lowest BCUT2D eigenvalue weighted by molar-refractivity contribution is 0.309. The first kappa shape index (κ1) is 25.3. The number of aromatic nitrogens is 2. The molecular formula is C22H36IN5O. The Morgan fingerprint density at radius 1 is 1.14 bits per heavy atom. The monoisotopic (exact) mass is 513 g/mol. The molecule has 0 unspecified atom stereocenters. The van der Waals surface area contributed by atoms with E-state index in [1.165, 1.54) is 16.8 Å². The molecule has 0 saturated heterocycles. The molecule has 29 heavy (non-hydrogen) atoms. The maximum absolute atomic E-state index is 5.72. The first-order valence-electron chi connectivity index (χ1n) is 10.3. The Morgan fingerprint density at radius 3 is 2.45 bits per heavy atom. The van der Waals surface area contributed by atoms with Gasteiger partial charge in [0.2, 0.25) is 0 Å². The van der Waals surface area contributed by atoms with Crippen LogP contribution >= 0.6 is 24.0 Å². The number of aliphatic imine (C=N–C) groups is 1. The SMILES string of the molecule is CCCCOc1ccc(CCNC(=NCc2c(C)nn(C)c2C)NCC)cc1.I. The third kappa shape index (κ3) is 8.24. The van der Waals surface area contributed by atoms with Crippen molar-refractivity contribution < 1.29 is 4.74 Å². The lowest BCUT2D eigenvalue weighted by Gasteiger charge is -2.12. The molecule has 0 spiro atoms. The standard InChI is InChI=1S/C22H35N5O.HI/c1-6-8-15-28-20-11-9-19(10-12-20)13-14-24-22(23-7-2)25-16-21-17(3)26-27(5)18(21)4;/h9-12H,6-8,13-16H2,1-5H3,(H2,23,24,25);1H. The summed E-state index contributed by atoms with van der Waals surface area (Å²) in [4.78, 5) is 4.73. The number of guanidine groups is 1. The number of rotatable bonds is 10. The zero-order chi connectivity index (χ0) is 20.4. The molecule has 0 atom stereocenters. The average Bonchev–Trinajstić information content (AvgIpc) is 2.93. The minimum atomic E-state index is 0. The second-order valence-corrected chi connectivity index (χ2v) is 6.99. The van der Waals surface area contributed by atoms with Crippen LogP contribution in [-0.4, -0.2) is 35.4 Å². The van der Waals surface area contributed by atoms with E-state index in [0.29, 0.717) is 6.54 Å². The summed E-state index contributed by atoms with van der Waals surface area (Å²) in [5.41, 5.74) is 4.68. The topological polar surface area (TPSA) is 63.5 Å². The van der Waals surface area contributed by atoms with Crippen LogP contribution in [0, 0.1) is 13.8 Å². The van der Waals surface area contributed by atoms with Crippen LogP contribution in [0.3, 0.4) is 0 Å². The molecule has 2 rings (SSSR count). The van der Waals surface area contributed by atoms with Gasteiger partial charge in [0.05, 0.1) is 18.8 Å². The minimum Gasteiger partial charge on any atom is -0.494 e. The second-order valence-electron chi connectivity index (χ2n) is 6.99. The molecule has 7 heteroatoms. The van der Waals surface area contributed by atoms with E-state index in [1.807, 2.05) is 18.7 Å². The Kier molecular flexibility index (Phi) is 11.7. The van der Waals surface area contributed by atoms with Crippen molar-refractivity contribution in [2.45, 2.75) is 53.5 Å². The van der Waals surface area contributed by atoms with Gasteiger partial charge in [0, 0.05) is 31.4 Å². The number of hydrogen-bond donors (Lipinski definition) is 2. The van der Waals surface area contributed by atoms with Gasteiger partial charge in [-0.2, -0.15) is 5.10 Å². The predicted octanol–water partition coefficient (Wildman–Crippen LogP) is 4.13. The van der Waals surface area contributed by atoms with Gasteiger partial charge in [-0.3, -0.25) is 4.68 Å². The fourth-order valence-electron chi connectivity index (χ4n) is 2.96. The molecule has 2 aromatic rings. The van der Waals surface area contributed by atoms with Crippen LogP contribution in [-0.2, 0) is 20.0 Å². The van der Waals surface area contributed by atoms with Crippen molar-refractivity contribution >= 4 is 29.9 Å². The largest absolute Gasteiger partial charge is 0.494 e. The molecule has 1 heterocycles. The average molecular weight is 513 g/mol. The summed E-state index contributed by atoms with van der Waals surface area (Å²) in [6, 6.07) is 8.38. The Morgan fingerprint density at radius 2 is 1.86 bits per heavy atom.